The number of rotatable bonds is 3. The summed E-state index contributed by atoms with van der Waals surface area (Å²) in [5.41, 5.74) is 3.68. The van der Waals surface area contributed by atoms with Gasteiger partial charge in [-0.25, -0.2) is 13.7 Å². The Labute approximate surface area is 276 Å². The number of halogens is 1. The number of fused-ring (bicyclic) bond motifs is 4. The van der Waals surface area contributed by atoms with E-state index in [1.54, 1.807) is 20.1 Å². The predicted octanol–water partition coefficient (Wildman–Crippen LogP) is 6.47. The van der Waals surface area contributed by atoms with Crippen LogP contribution >= 0.6 is 11.6 Å². The van der Waals surface area contributed by atoms with Gasteiger partial charge in [0.2, 0.25) is 0 Å². The standard InChI is InChI=1S/C35H42ClN3O6S/c1-4-44-32(41)38-46(42)16-7-5-6-10-29(43-3)30-33(2)19-35(30,33)21-39-20-34(15-8-9-23-17-25(36)12-13-26(23)34)22-45-28-14-11-24(18-27(28)39)31(40)37-46/h6,10-14,17-18,29-30H,4-5,7-9,15-16,19-22H2,1-3H3,(H,37,38,40,41,42)/b10-6+/t29-,30+,33-,34-,35-,46?/m0/s1. The van der Waals surface area contributed by atoms with Gasteiger partial charge in [-0.3, -0.25) is 4.79 Å². The summed E-state index contributed by atoms with van der Waals surface area (Å²) in [4.78, 5) is 28.4. The molecule has 2 aliphatic heterocycles. The average Bonchev–Trinajstić information content (AvgIpc) is 3.81. The van der Waals surface area contributed by atoms with Crippen LogP contribution in [0.3, 0.4) is 0 Å². The Hall–Kier alpha value is -3.08. The molecule has 2 amide bonds. The van der Waals surface area contributed by atoms with Gasteiger partial charge in [-0.1, -0.05) is 36.7 Å². The van der Waals surface area contributed by atoms with E-state index in [-0.39, 0.29) is 34.7 Å². The molecule has 7 rings (SSSR count). The van der Waals surface area contributed by atoms with Crippen molar-refractivity contribution in [2.75, 3.05) is 44.1 Å². The molecule has 5 aliphatic rings. The first-order valence-corrected chi connectivity index (χ1v) is 18.4. The lowest BCUT2D eigenvalue weighted by Gasteiger charge is -2.41. The van der Waals surface area contributed by atoms with Crippen LogP contribution in [-0.4, -0.2) is 61.5 Å². The number of nitrogens with zero attached hydrogens (tertiary/aromatic N) is 2. The number of hydrogen-bond donors (Lipinski definition) is 1. The number of hydrogen-bond acceptors (Lipinski definition) is 7. The van der Waals surface area contributed by atoms with E-state index in [1.165, 1.54) is 11.1 Å². The van der Waals surface area contributed by atoms with Crippen molar-refractivity contribution in [3.05, 3.63) is 70.3 Å². The second kappa shape index (κ2) is 11.6. The predicted molar refractivity (Wildman–Crippen MR) is 178 cm³/mol. The Kier molecular flexibility index (Phi) is 7.92. The highest BCUT2D eigenvalue weighted by molar-refractivity contribution is 7.92. The number of carbonyl (C=O) groups excluding carboxylic acids is 2. The van der Waals surface area contributed by atoms with E-state index in [4.69, 9.17) is 25.8 Å². The third-order valence-electron chi connectivity index (χ3n) is 11.1. The Bertz CT molecular complexity index is 1740. The van der Waals surface area contributed by atoms with Crippen LogP contribution in [0.5, 0.6) is 5.75 Å². The highest BCUT2D eigenvalue weighted by Crippen LogP contribution is 2.91. The first kappa shape index (κ1) is 31.5. The zero-order valence-corrected chi connectivity index (χ0v) is 28.3. The normalized spacial score (nSPS) is 35.3. The molecule has 2 aromatic rings. The number of methoxy groups -OCH3 is 1. The first-order chi connectivity index (χ1) is 22.1. The zero-order chi connectivity index (χ0) is 32.3. The topological polar surface area (TPSA) is 107 Å². The fraction of sp³-hybridized carbons (Fsp3) is 0.543. The molecule has 2 saturated carbocycles. The molecule has 0 saturated heterocycles. The molecule has 0 aromatic heterocycles. The van der Waals surface area contributed by atoms with Crippen LogP contribution in [0.1, 0.15) is 67.4 Å². The van der Waals surface area contributed by atoms with Gasteiger partial charge in [0.25, 0.3) is 5.91 Å². The Balaban J connectivity index is 1.32. The molecule has 46 heavy (non-hydrogen) atoms. The Morgan fingerprint density at radius 2 is 2.07 bits per heavy atom. The number of carbonyl (C=O) groups is 2. The van der Waals surface area contributed by atoms with Crippen LogP contribution in [0.15, 0.2) is 52.9 Å². The maximum Gasteiger partial charge on any atom is 0.419 e. The maximum atomic E-state index is 13.9. The van der Waals surface area contributed by atoms with Gasteiger partial charge in [-0.05, 0) is 92.3 Å². The molecule has 3 aliphatic carbocycles. The molecule has 0 radical (unpaired) electrons. The Morgan fingerprint density at radius 3 is 2.85 bits per heavy atom. The number of anilines is 1. The summed E-state index contributed by atoms with van der Waals surface area (Å²) >= 11 is 6.44. The lowest BCUT2D eigenvalue weighted by molar-refractivity contribution is 0.0895. The lowest BCUT2D eigenvalue weighted by atomic mass is 9.70. The quantitative estimate of drug-likeness (QED) is 0.374. The molecule has 2 aromatic carbocycles. The molecular weight excluding hydrogens is 626 g/mol. The van der Waals surface area contributed by atoms with Crippen LogP contribution < -0.4 is 14.4 Å². The molecule has 11 heteroatoms. The largest absolute Gasteiger partial charge is 0.490 e. The van der Waals surface area contributed by atoms with Crippen molar-refractivity contribution in [3.8, 4) is 5.75 Å². The minimum Gasteiger partial charge on any atom is -0.490 e. The number of aryl methyl sites for hydroxylation is 1. The van der Waals surface area contributed by atoms with Crippen molar-refractivity contribution in [1.29, 1.82) is 0 Å². The van der Waals surface area contributed by atoms with Crippen molar-refractivity contribution in [2.24, 2.45) is 21.1 Å². The first-order valence-electron chi connectivity index (χ1n) is 16.3. The molecular formula is C35H42ClN3O6S. The minimum atomic E-state index is -3.44. The molecule has 1 N–H and O–H groups in total. The van der Waals surface area contributed by atoms with Gasteiger partial charge in [0.05, 0.1) is 30.8 Å². The van der Waals surface area contributed by atoms with E-state index >= 15 is 0 Å². The molecule has 1 unspecified atom stereocenters. The highest BCUT2D eigenvalue weighted by Gasteiger charge is 2.89. The third kappa shape index (κ3) is 5.30. The van der Waals surface area contributed by atoms with Gasteiger partial charge >= 0.3 is 6.09 Å². The summed E-state index contributed by atoms with van der Waals surface area (Å²) in [6, 6.07) is 11.6. The van der Waals surface area contributed by atoms with Crippen molar-refractivity contribution in [1.82, 2.24) is 4.72 Å². The summed E-state index contributed by atoms with van der Waals surface area (Å²) in [6.45, 7) is 6.17. The van der Waals surface area contributed by atoms with Crippen molar-refractivity contribution in [3.63, 3.8) is 0 Å². The fourth-order valence-electron chi connectivity index (χ4n) is 8.71. The van der Waals surface area contributed by atoms with Crippen LogP contribution in [0.2, 0.25) is 5.02 Å². The van der Waals surface area contributed by atoms with Gasteiger partial charge in [0.1, 0.15) is 15.7 Å². The second-order valence-electron chi connectivity index (χ2n) is 13.8. The van der Waals surface area contributed by atoms with E-state index in [0.717, 1.165) is 49.5 Å². The van der Waals surface area contributed by atoms with E-state index in [1.807, 2.05) is 18.2 Å². The summed E-state index contributed by atoms with van der Waals surface area (Å²) in [6.07, 6.45) is 8.47. The highest BCUT2D eigenvalue weighted by atomic mass is 35.5. The lowest BCUT2D eigenvalue weighted by Crippen LogP contribution is -2.47. The Morgan fingerprint density at radius 1 is 1.22 bits per heavy atom. The van der Waals surface area contributed by atoms with Crippen LogP contribution in [0.4, 0.5) is 10.5 Å². The van der Waals surface area contributed by atoms with Crippen LogP contribution in [0.25, 0.3) is 0 Å². The van der Waals surface area contributed by atoms with Gasteiger partial charge in [0.15, 0.2) is 0 Å². The molecule has 9 nitrogen and oxygen atoms in total. The number of benzene rings is 2. The molecule has 2 spiro atoms. The minimum absolute atomic E-state index is 0.0107. The fourth-order valence-corrected chi connectivity index (χ4v) is 10.4. The summed E-state index contributed by atoms with van der Waals surface area (Å²) < 4.78 is 38.0. The molecule has 6 atom stereocenters. The summed E-state index contributed by atoms with van der Waals surface area (Å²) in [5.74, 6) is 0.434. The SMILES string of the molecule is CCOC(=O)NS1(=O)=NC(=O)c2ccc3c(c2)N(C[C@@]2(CCCc4cc(Cl)ccc42)CO3)C[C@]23C[C@@]2(C)[C@H]3[C@@H](OC)/C=C/CCC1. The third-order valence-corrected chi connectivity index (χ3v) is 13.1. The second-order valence-corrected chi connectivity index (χ2v) is 16.3. The molecule has 2 bridgehead atoms. The van der Waals surface area contributed by atoms with Crippen molar-refractivity contribution >= 4 is 39.2 Å². The summed E-state index contributed by atoms with van der Waals surface area (Å²) in [5, 5.41) is 0.742. The number of nitrogens with one attached hydrogen (secondary N) is 1. The van der Waals surface area contributed by atoms with Crippen LogP contribution in [-0.2, 0) is 31.2 Å². The van der Waals surface area contributed by atoms with E-state index in [0.29, 0.717) is 36.7 Å². The van der Waals surface area contributed by atoms with E-state index in [9.17, 15) is 13.8 Å². The van der Waals surface area contributed by atoms with Gasteiger partial charge in [-0.2, -0.15) is 0 Å². The molecule has 2 heterocycles. The monoisotopic (exact) mass is 667 g/mol. The zero-order valence-electron chi connectivity index (χ0n) is 26.7. The smallest absolute Gasteiger partial charge is 0.419 e. The van der Waals surface area contributed by atoms with Gasteiger partial charge in [-0.15, -0.1) is 4.36 Å². The number of ether oxygens (including phenoxy) is 3. The van der Waals surface area contributed by atoms with E-state index in [2.05, 4.69) is 45.2 Å². The van der Waals surface area contributed by atoms with Crippen molar-refractivity contribution < 1.29 is 28.0 Å². The van der Waals surface area contributed by atoms with Crippen molar-refractivity contribution in [2.45, 2.75) is 63.9 Å². The average molecular weight is 668 g/mol. The molecule has 246 valence electrons. The van der Waals surface area contributed by atoms with Gasteiger partial charge in [0, 0.05) is 47.5 Å². The summed E-state index contributed by atoms with van der Waals surface area (Å²) in [7, 11) is -1.67. The number of amides is 2. The van der Waals surface area contributed by atoms with Crippen LogP contribution in [0, 0.1) is 16.7 Å². The van der Waals surface area contributed by atoms with E-state index < -0.39 is 21.9 Å². The number of allylic oxidation sites excluding steroid dienone is 1. The molecule has 2 fully saturated rings. The maximum absolute atomic E-state index is 13.9. The van der Waals surface area contributed by atoms with Gasteiger partial charge < -0.3 is 19.1 Å².